The summed E-state index contributed by atoms with van der Waals surface area (Å²) >= 11 is 1.28. The molecule has 6 nitrogen and oxygen atoms in total. The number of pyridine rings is 1. The number of carbonyl (C=O) groups excluding carboxylic acids is 1. The van der Waals surface area contributed by atoms with E-state index in [9.17, 15) is 10.1 Å². The molecule has 0 amide bonds. The monoisotopic (exact) mass is 323 g/mol. The van der Waals surface area contributed by atoms with Crippen molar-refractivity contribution in [2.24, 2.45) is 0 Å². The smallest absolute Gasteiger partial charge is 0.140 e. The van der Waals surface area contributed by atoms with E-state index in [2.05, 4.69) is 21.4 Å². The van der Waals surface area contributed by atoms with Crippen LogP contribution >= 0.6 is 11.8 Å². The van der Waals surface area contributed by atoms with Gasteiger partial charge in [0, 0.05) is 0 Å². The van der Waals surface area contributed by atoms with E-state index in [0.717, 1.165) is 16.7 Å². The Bertz CT molecular complexity index is 941. The van der Waals surface area contributed by atoms with Crippen LogP contribution in [0.5, 0.6) is 0 Å². The Kier molecular flexibility index (Phi) is 4.08. The third kappa shape index (κ3) is 2.94. The highest BCUT2D eigenvalue weighted by Gasteiger charge is 2.14. The first-order valence-corrected chi connectivity index (χ1v) is 7.93. The van der Waals surface area contributed by atoms with Gasteiger partial charge in [-0.1, -0.05) is 29.1 Å². The van der Waals surface area contributed by atoms with Crippen molar-refractivity contribution in [2.75, 3.05) is 5.75 Å². The first-order chi connectivity index (χ1) is 11.1. The Morgan fingerprint density at radius 3 is 2.91 bits per heavy atom. The molecule has 0 saturated carbocycles. The molecule has 2 heterocycles. The van der Waals surface area contributed by atoms with E-state index in [1.807, 2.05) is 31.2 Å². The van der Waals surface area contributed by atoms with E-state index < -0.39 is 0 Å². The molecule has 0 fully saturated rings. The number of hydrogen-bond acceptors (Lipinski definition) is 6. The predicted molar refractivity (Wildman–Crippen MR) is 87.5 cm³/mol. The minimum absolute atomic E-state index is 0.0460. The van der Waals surface area contributed by atoms with Gasteiger partial charge in [0.05, 0.1) is 28.2 Å². The van der Waals surface area contributed by atoms with Gasteiger partial charge < -0.3 is 0 Å². The SMILES string of the molecule is CC(=O)CSc1nc(C)c(-n2nnc3ccccc32)cc1C#N. The van der Waals surface area contributed by atoms with Gasteiger partial charge in [0.1, 0.15) is 22.4 Å². The van der Waals surface area contributed by atoms with Crippen molar-refractivity contribution in [2.45, 2.75) is 18.9 Å². The number of hydrogen-bond donors (Lipinski definition) is 0. The topological polar surface area (TPSA) is 84.5 Å². The van der Waals surface area contributed by atoms with Crippen molar-refractivity contribution in [3.05, 3.63) is 41.6 Å². The Morgan fingerprint density at radius 2 is 2.17 bits per heavy atom. The molecule has 0 saturated heterocycles. The second kappa shape index (κ2) is 6.18. The average molecular weight is 323 g/mol. The molecule has 0 spiro atoms. The summed E-state index contributed by atoms with van der Waals surface area (Å²) in [6, 6.07) is 11.5. The lowest BCUT2D eigenvalue weighted by molar-refractivity contribution is -0.114. The van der Waals surface area contributed by atoms with Gasteiger partial charge in [-0.15, -0.1) is 5.10 Å². The summed E-state index contributed by atoms with van der Waals surface area (Å²) in [5.74, 6) is 0.344. The normalized spacial score (nSPS) is 10.7. The number of aromatic nitrogens is 4. The Hall–Kier alpha value is -2.72. The lowest BCUT2D eigenvalue weighted by atomic mass is 10.2. The van der Waals surface area contributed by atoms with E-state index >= 15 is 0 Å². The molecule has 7 heteroatoms. The number of para-hydroxylation sites is 1. The van der Waals surface area contributed by atoms with E-state index in [-0.39, 0.29) is 5.78 Å². The van der Waals surface area contributed by atoms with Crippen molar-refractivity contribution in [1.82, 2.24) is 20.0 Å². The summed E-state index contributed by atoms with van der Waals surface area (Å²) in [7, 11) is 0. The van der Waals surface area contributed by atoms with Crippen LogP contribution in [0.25, 0.3) is 16.7 Å². The molecule has 3 aromatic rings. The van der Waals surface area contributed by atoms with Crippen LogP contribution in [-0.2, 0) is 4.79 Å². The Balaban J connectivity index is 2.10. The quantitative estimate of drug-likeness (QED) is 0.686. The number of carbonyl (C=O) groups is 1. The van der Waals surface area contributed by atoms with Crippen molar-refractivity contribution < 1.29 is 4.79 Å². The van der Waals surface area contributed by atoms with Crippen molar-refractivity contribution in [1.29, 1.82) is 5.26 Å². The summed E-state index contributed by atoms with van der Waals surface area (Å²) in [6.45, 7) is 3.37. The minimum atomic E-state index is 0.0460. The third-order valence-electron chi connectivity index (χ3n) is 3.26. The maximum atomic E-state index is 11.1. The fourth-order valence-corrected chi connectivity index (χ4v) is 3.00. The summed E-state index contributed by atoms with van der Waals surface area (Å²) in [5, 5.41) is 18.2. The second-order valence-corrected chi connectivity index (χ2v) is 6.00. The Morgan fingerprint density at radius 1 is 1.39 bits per heavy atom. The van der Waals surface area contributed by atoms with Gasteiger partial charge in [-0.2, -0.15) is 5.26 Å². The molecule has 2 aromatic heterocycles. The summed E-state index contributed by atoms with van der Waals surface area (Å²) in [5.41, 5.74) is 3.50. The highest BCUT2D eigenvalue weighted by Crippen LogP contribution is 2.26. The maximum Gasteiger partial charge on any atom is 0.140 e. The summed E-state index contributed by atoms with van der Waals surface area (Å²) in [4.78, 5) is 15.6. The van der Waals surface area contributed by atoms with E-state index in [1.54, 1.807) is 10.7 Å². The molecule has 0 aliphatic heterocycles. The largest absolute Gasteiger partial charge is 0.299 e. The molecule has 0 N–H and O–H groups in total. The van der Waals surface area contributed by atoms with Gasteiger partial charge in [0.25, 0.3) is 0 Å². The minimum Gasteiger partial charge on any atom is -0.299 e. The van der Waals surface area contributed by atoms with Crippen LogP contribution in [0.15, 0.2) is 35.4 Å². The van der Waals surface area contributed by atoms with E-state index in [0.29, 0.717) is 22.0 Å². The third-order valence-corrected chi connectivity index (χ3v) is 4.40. The molecule has 23 heavy (non-hydrogen) atoms. The van der Waals surface area contributed by atoms with Gasteiger partial charge >= 0.3 is 0 Å². The van der Waals surface area contributed by atoms with Crippen molar-refractivity contribution in [3.8, 4) is 11.8 Å². The van der Waals surface area contributed by atoms with E-state index in [4.69, 9.17) is 0 Å². The zero-order valence-corrected chi connectivity index (χ0v) is 13.5. The molecule has 0 aliphatic carbocycles. The number of Topliss-reactive ketones (excluding diaryl/α,β-unsaturated/α-hetero) is 1. The van der Waals surface area contributed by atoms with Gasteiger partial charge in [-0.05, 0) is 32.0 Å². The molecule has 3 rings (SSSR count). The van der Waals surface area contributed by atoms with Crippen LogP contribution < -0.4 is 0 Å². The zero-order valence-electron chi connectivity index (χ0n) is 12.6. The lowest BCUT2D eigenvalue weighted by Gasteiger charge is -2.09. The number of fused-ring (bicyclic) bond motifs is 1. The highest BCUT2D eigenvalue weighted by atomic mass is 32.2. The van der Waals surface area contributed by atoms with Crippen LogP contribution in [0.1, 0.15) is 18.2 Å². The second-order valence-electron chi connectivity index (χ2n) is 5.04. The number of nitriles is 1. The van der Waals surface area contributed by atoms with E-state index in [1.165, 1.54) is 18.7 Å². The number of benzene rings is 1. The van der Waals surface area contributed by atoms with Crippen LogP contribution in [0, 0.1) is 18.3 Å². The van der Waals surface area contributed by atoms with Crippen molar-refractivity contribution in [3.63, 3.8) is 0 Å². The molecule has 0 atom stereocenters. The molecule has 114 valence electrons. The highest BCUT2D eigenvalue weighted by molar-refractivity contribution is 8.00. The number of ketones is 1. The Labute approximate surface area is 137 Å². The molecule has 0 radical (unpaired) electrons. The van der Waals surface area contributed by atoms with Gasteiger partial charge in [-0.3, -0.25) is 4.79 Å². The first-order valence-electron chi connectivity index (χ1n) is 6.95. The lowest BCUT2D eigenvalue weighted by Crippen LogP contribution is -2.04. The summed E-state index contributed by atoms with van der Waals surface area (Å²) in [6.07, 6.45) is 0. The predicted octanol–water partition coefficient (Wildman–Crippen LogP) is 2.68. The van der Waals surface area contributed by atoms with Crippen LogP contribution in [-0.4, -0.2) is 31.5 Å². The van der Waals surface area contributed by atoms with Gasteiger partial charge in [0.15, 0.2) is 0 Å². The fraction of sp³-hybridized carbons (Fsp3) is 0.188. The molecular weight excluding hydrogens is 310 g/mol. The molecule has 0 bridgehead atoms. The first kappa shape index (κ1) is 15.2. The van der Waals surface area contributed by atoms with Crippen LogP contribution in [0.4, 0.5) is 0 Å². The molecular formula is C16H13N5OS. The zero-order chi connectivity index (χ0) is 16.4. The molecule has 0 aliphatic rings. The molecule has 1 aromatic carbocycles. The molecule has 0 unspecified atom stereocenters. The van der Waals surface area contributed by atoms with Crippen LogP contribution in [0.2, 0.25) is 0 Å². The number of thioether (sulfide) groups is 1. The standard InChI is InChI=1S/C16H13N5OS/c1-10(22)9-23-16-12(8-17)7-15(11(2)18-16)21-14-6-4-3-5-13(14)19-20-21/h3-7H,9H2,1-2H3. The number of rotatable bonds is 4. The van der Waals surface area contributed by atoms with Crippen LogP contribution in [0.3, 0.4) is 0 Å². The maximum absolute atomic E-state index is 11.1. The van der Waals surface area contributed by atoms with Crippen molar-refractivity contribution >= 4 is 28.6 Å². The number of aryl methyl sites for hydroxylation is 1. The van der Waals surface area contributed by atoms with Gasteiger partial charge in [0.2, 0.25) is 0 Å². The fourth-order valence-electron chi connectivity index (χ4n) is 2.19. The van der Waals surface area contributed by atoms with Gasteiger partial charge in [-0.25, -0.2) is 9.67 Å². The summed E-state index contributed by atoms with van der Waals surface area (Å²) < 4.78 is 1.68. The average Bonchev–Trinajstić information content (AvgIpc) is 2.97. The number of nitrogens with zero attached hydrogens (tertiary/aromatic N) is 5.